The standard InChI is InChI=1S/C26H25N3O3S/c27-16-18-4-3-5-19(14-18)17-29-13-12-25(26(29)30)28-33(31,32)22-11-10-21-9-8-20-6-1-2-7-23(20)24(21)15-22/h3-5,8-11,14-15,25,28H,1-2,6-7,12-13,17H2/t25-/m0/s1. The molecule has 6 nitrogen and oxygen atoms in total. The summed E-state index contributed by atoms with van der Waals surface area (Å²) in [6.45, 7) is 0.822. The van der Waals surface area contributed by atoms with Gasteiger partial charge in [-0.15, -0.1) is 0 Å². The van der Waals surface area contributed by atoms with Crippen molar-refractivity contribution in [3.05, 3.63) is 76.9 Å². The molecule has 1 aliphatic carbocycles. The maximum absolute atomic E-state index is 13.2. The monoisotopic (exact) mass is 459 g/mol. The number of carbonyl (C=O) groups is 1. The molecule has 1 atom stereocenters. The largest absolute Gasteiger partial charge is 0.337 e. The number of carbonyl (C=O) groups excluding carboxylic acids is 1. The zero-order valence-electron chi connectivity index (χ0n) is 18.3. The number of hydrogen-bond donors (Lipinski definition) is 1. The molecule has 5 rings (SSSR count). The van der Waals surface area contributed by atoms with Crippen LogP contribution in [0.3, 0.4) is 0 Å². The number of aryl methyl sites for hydroxylation is 2. The minimum atomic E-state index is -3.84. The molecule has 3 aromatic carbocycles. The highest BCUT2D eigenvalue weighted by Gasteiger charge is 2.35. The number of hydrogen-bond acceptors (Lipinski definition) is 4. The summed E-state index contributed by atoms with van der Waals surface area (Å²) in [5.74, 6) is -0.237. The minimum Gasteiger partial charge on any atom is -0.337 e. The number of nitrogens with zero attached hydrogens (tertiary/aromatic N) is 2. The second kappa shape index (κ2) is 8.62. The average molecular weight is 460 g/mol. The van der Waals surface area contributed by atoms with Crippen LogP contribution in [-0.4, -0.2) is 31.8 Å². The highest BCUT2D eigenvalue weighted by atomic mass is 32.2. The Morgan fingerprint density at radius 3 is 2.73 bits per heavy atom. The number of sulfonamides is 1. The summed E-state index contributed by atoms with van der Waals surface area (Å²) < 4.78 is 29.0. The molecular weight excluding hydrogens is 434 g/mol. The molecule has 0 spiro atoms. The van der Waals surface area contributed by atoms with Crippen molar-refractivity contribution in [2.24, 2.45) is 0 Å². The van der Waals surface area contributed by atoms with Crippen LogP contribution >= 0.6 is 0 Å². The van der Waals surface area contributed by atoms with Crippen molar-refractivity contribution >= 4 is 26.7 Å². The molecule has 1 fully saturated rings. The highest BCUT2D eigenvalue weighted by Crippen LogP contribution is 2.31. The third-order valence-electron chi connectivity index (χ3n) is 6.66. The summed E-state index contributed by atoms with van der Waals surface area (Å²) in [6.07, 6.45) is 4.69. The van der Waals surface area contributed by atoms with E-state index in [0.717, 1.165) is 35.6 Å². The Morgan fingerprint density at radius 1 is 1.06 bits per heavy atom. The molecule has 1 N–H and O–H groups in total. The van der Waals surface area contributed by atoms with Gasteiger partial charge in [-0.2, -0.15) is 9.98 Å². The van der Waals surface area contributed by atoms with Crippen LogP contribution in [0.2, 0.25) is 0 Å². The molecule has 1 saturated heterocycles. The van der Waals surface area contributed by atoms with Gasteiger partial charge in [-0.3, -0.25) is 4.79 Å². The molecule has 0 bridgehead atoms. The Balaban J connectivity index is 1.35. The van der Waals surface area contributed by atoms with Gasteiger partial charge in [0, 0.05) is 13.1 Å². The number of amides is 1. The molecule has 33 heavy (non-hydrogen) atoms. The van der Waals surface area contributed by atoms with Crippen LogP contribution in [0.1, 0.15) is 41.5 Å². The molecular formula is C26H25N3O3S. The second-order valence-corrected chi connectivity index (χ2v) is 10.5. The topological polar surface area (TPSA) is 90.3 Å². The Kier molecular flexibility index (Phi) is 5.65. The van der Waals surface area contributed by atoms with E-state index >= 15 is 0 Å². The summed E-state index contributed by atoms with van der Waals surface area (Å²) >= 11 is 0. The van der Waals surface area contributed by atoms with Crippen molar-refractivity contribution in [3.63, 3.8) is 0 Å². The van der Waals surface area contributed by atoms with Crippen LogP contribution in [0.5, 0.6) is 0 Å². The van der Waals surface area contributed by atoms with E-state index in [1.807, 2.05) is 12.1 Å². The fourth-order valence-corrected chi connectivity index (χ4v) is 6.19. The predicted octanol–water partition coefficient (Wildman–Crippen LogP) is 3.67. The van der Waals surface area contributed by atoms with Gasteiger partial charge in [0.15, 0.2) is 0 Å². The zero-order chi connectivity index (χ0) is 23.0. The lowest BCUT2D eigenvalue weighted by Crippen LogP contribution is -2.41. The molecule has 0 radical (unpaired) electrons. The first kappa shape index (κ1) is 21.6. The van der Waals surface area contributed by atoms with Crippen molar-refractivity contribution in [1.82, 2.24) is 9.62 Å². The van der Waals surface area contributed by atoms with E-state index in [-0.39, 0.29) is 10.8 Å². The summed E-state index contributed by atoms with van der Waals surface area (Å²) in [5.41, 5.74) is 3.94. The van der Waals surface area contributed by atoms with Gasteiger partial charge in [0.25, 0.3) is 0 Å². The molecule has 0 unspecified atom stereocenters. The van der Waals surface area contributed by atoms with Crippen molar-refractivity contribution in [2.45, 2.75) is 49.6 Å². The smallest absolute Gasteiger partial charge is 0.241 e. The molecule has 0 saturated carbocycles. The van der Waals surface area contributed by atoms with Crippen molar-refractivity contribution in [2.75, 3.05) is 6.54 Å². The van der Waals surface area contributed by atoms with E-state index in [9.17, 15) is 13.2 Å². The fourth-order valence-electron chi connectivity index (χ4n) is 4.94. The van der Waals surface area contributed by atoms with Crippen molar-refractivity contribution in [1.29, 1.82) is 5.26 Å². The number of nitrogens with one attached hydrogen (secondary N) is 1. The van der Waals surface area contributed by atoms with Gasteiger partial charge in [-0.05, 0) is 83.8 Å². The molecule has 7 heteroatoms. The first-order valence-electron chi connectivity index (χ1n) is 11.3. The number of fused-ring (bicyclic) bond motifs is 3. The average Bonchev–Trinajstić information content (AvgIpc) is 3.17. The highest BCUT2D eigenvalue weighted by molar-refractivity contribution is 7.89. The summed E-state index contributed by atoms with van der Waals surface area (Å²) in [6, 6.07) is 17.9. The van der Waals surface area contributed by atoms with E-state index in [0.29, 0.717) is 25.1 Å². The quantitative estimate of drug-likeness (QED) is 0.630. The Bertz CT molecular complexity index is 1390. The molecule has 0 aromatic heterocycles. The summed E-state index contributed by atoms with van der Waals surface area (Å²) in [7, 11) is -3.84. The van der Waals surface area contributed by atoms with Gasteiger partial charge in [0.1, 0.15) is 6.04 Å². The SMILES string of the molecule is N#Cc1cccc(CN2CC[C@H](NS(=O)(=O)c3ccc4ccc5c(c4c3)CCCC5)C2=O)c1. The molecule has 168 valence electrons. The Morgan fingerprint density at radius 2 is 1.88 bits per heavy atom. The van der Waals surface area contributed by atoms with E-state index in [2.05, 4.69) is 22.9 Å². The Labute approximate surface area is 193 Å². The molecule has 2 aliphatic rings. The van der Waals surface area contributed by atoms with Crippen LogP contribution in [-0.2, 0) is 34.2 Å². The molecule has 3 aromatic rings. The number of likely N-dealkylation sites (tertiary alicyclic amines) is 1. The van der Waals surface area contributed by atoms with E-state index in [1.54, 1.807) is 35.2 Å². The van der Waals surface area contributed by atoms with Gasteiger partial charge >= 0.3 is 0 Å². The lowest BCUT2D eigenvalue weighted by Gasteiger charge is -2.19. The normalized spacial score (nSPS) is 18.3. The second-order valence-electron chi connectivity index (χ2n) is 8.83. The van der Waals surface area contributed by atoms with Crippen molar-refractivity contribution in [3.8, 4) is 6.07 Å². The number of rotatable bonds is 5. The van der Waals surface area contributed by atoms with E-state index < -0.39 is 16.1 Å². The summed E-state index contributed by atoms with van der Waals surface area (Å²) in [5, 5.41) is 11.1. The van der Waals surface area contributed by atoms with Crippen LogP contribution < -0.4 is 4.72 Å². The fraction of sp³-hybridized carbons (Fsp3) is 0.308. The molecule has 1 heterocycles. The van der Waals surface area contributed by atoms with Gasteiger partial charge in [0.05, 0.1) is 16.5 Å². The Hall–Kier alpha value is -3.21. The van der Waals surface area contributed by atoms with Gasteiger partial charge in [-0.25, -0.2) is 8.42 Å². The van der Waals surface area contributed by atoms with Gasteiger partial charge in [-0.1, -0.05) is 30.3 Å². The molecule has 1 aliphatic heterocycles. The third-order valence-corrected chi connectivity index (χ3v) is 8.13. The lowest BCUT2D eigenvalue weighted by molar-refractivity contribution is -0.129. The maximum Gasteiger partial charge on any atom is 0.241 e. The van der Waals surface area contributed by atoms with E-state index in [1.165, 1.54) is 17.5 Å². The maximum atomic E-state index is 13.2. The first-order valence-corrected chi connectivity index (χ1v) is 12.8. The van der Waals surface area contributed by atoms with Crippen LogP contribution in [0.25, 0.3) is 10.8 Å². The lowest BCUT2D eigenvalue weighted by atomic mass is 9.88. The predicted molar refractivity (Wildman–Crippen MR) is 126 cm³/mol. The molecule has 1 amide bonds. The zero-order valence-corrected chi connectivity index (χ0v) is 19.1. The van der Waals surface area contributed by atoms with Crippen LogP contribution in [0, 0.1) is 11.3 Å². The first-order chi connectivity index (χ1) is 15.9. The van der Waals surface area contributed by atoms with Crippen molar-refractivity contribution < 1.29 is 13.2 Å². The minimum absolute atomic E-state index is 0.196. The van der Waals surface area contributed by atoms with Gasteiger partial charge in [0.2, 0.25) is 15.9 Å². The van der Waals surface area contributed by atoms with Crippen LogP contribution in [0.15, 0.2) is 59.5 Å². The number of benzene rings is 3. The summed E-state index contributed by atoms with van der Waals surface area (Å²) in [4.78, 5) is 14.7. The van der Waals surface area contributed by atoms with Gasteiger partial charge < -0.3 is 4.90 Å². The number of nitriles is 1. The van der Waals surface area contributed by atoms with Crippen LogP contribution in [0.4, 0.5) is 0 Å². The third kappa shape index (κ3) is 4.24. The van der Waals surface area contributed by atoms with E-state index in [4.69, 9.17) is 5.26 Å².